The summed E-state index contributed by atoms with van der Waals surface area (Å²) in [5.74, 6) is 0.760. The normalized spacial score (nSPS) is 21.5. The molecule has 6 rings (SSSR count). The average molecular weight is 550 g/mol. The molecule has 39 heavy (non-hydrogen) atoms. The van der Waals surface area contributed by atoms with Crippen molar-refractivity contribution in [1.82, 2.24) is 19.4 Å². The lowest BCUT2D eigenvalue weighted by Crippen LogP contribution is -2.51. The van der Waals surface area contributed by atoms with E-state index >= 15 is 0 Å². The van der Waals surface area contributed by atoms with E-state index in [-0.39, 0.29) is 24.1 Å². The minimum Gasteiger partial charge on any atom is -0.444 e. The number of carbonyl (C=O) groups is 2. The van der Waals surface area contributed by atoms with Gasteiger partial charge >= 0.3 is 6.09 Å². The number of pyridine rings is 1. The second-order valence-corrected chi connectivity index (χ2v) is 12.4. The van der Waals surface area contributed by atoms with Gasteiger partial charge in [-0.15, -0.1) is 0 Å². The summed E-state index contributed by atoms with van der Waals surface area (Å²) < 4.78 is 7.93. The first-order chi connectivity index (χ1) is 18.6. The van der Waals surface area contributed by atoms with Gasteiger partial charge in [0.2, 0.25) is 5.91 Å². The third-order valence-electron chi connectivity index (χ3n) is 8.26. The SMILES string of the molecule is Cn1c2c(c3ccc(N4CCN(CCc5ccc(Cl)cc5)CC4=O)nc31)C1CCC(C2)N1C(=O)OC(C)(C)C. The molecule has 2 bridgehead atoms. The summed E-state index contributed by atoms with van der Waals surface area (Å²) in [5.41, 5.74) is 3.98. The van der Waals surface area contributed by atoms with E-state index in [1.54, 1.807) is 0 Å². The van der Waals surface area contributed by atoms with E-state index in [0.717, 1.165) is 54.8 Å². The zero-order chi connectivity index (χ0) is 27.5. The first-order valence-corrected chi connectivity index (χ1v) is 14.2. The Morgan fingerprint density at radius 2 is 1.87 bits per heavy atom. The standard InChI is InChI=1S/C30H36ClN5O3/c1-30(2,3)39-29(38)36-21-9-11-23(36)27-22-10-12-25(32-28(22)33(4)24(27)17-21)35-16-15-34(18-26(35)37)14-13-19-5-7-20(31)8-6-19/h5-8,10,12,21,23H,9,11,13-18H2,1-4H3. The van der Waals surface area contributed by atoms with Gasteiger partial charge in [0.25, 0.3) is 0 Å². The molecule has 0 aliphatic carbocycles. The lowest BCUT2D eigenvalue weighted by Gasteiger charge is -2.36. The summed E-state index contributed by atoms with van der Waals surface area (Å²) in [6, 6.07) is 12.1. The largest absolute Gasteiger partial charge is 0.444 e. The van der Waals surface area contributed by atoms with Crippen LogP contribution in [0.2, 0.25) is 5.02 Å². The fourth-order valence-electron chi connectivity index (χ4n) is 6.41. The Hall–Kier alpha value is -3.10. The van der Waals surface area contributed by atoms with Gasteiger partial charge < -0.3 is 9.30 Å². The smallest absolute Gasteiger partial charge is 0.411 e. The number of piperazine rings is 1. The molecule has 0 radical (unpaired) electrons. The maximum atomic E-state index is 13.2. The van der Waals surface area contributed by atoms with Crippen LogP contribution in [0.3, 0.4) is 0 Å². The van der Waals surface area contributed by atoms with E-state index in [4.69, 9.17) is 21.3 Å². The van der Waals surface area contributed by atoms with Gasteiger partial charge in [0, 0.05) is 60.8 Å². The number of hydrogen-bond donors (Lipinski definition) is 0. The monoisotopic (exact) mass is 549 g/mol. The summed E-state index contributed by atoms with van der Waals surface area (Å²) in [4.78, 5) is 37.3. The van der Waals surface area contributed by atoms with E-state index in [1.165, 1.54) is 16.8 Å². The number of carbonyl (C=O) groups excluding carboxylic acids is 2. The number of amides is 2. The number of ether oxygens (including phenoxy) is 1. The van der Waals surface area contributed by atoms with Crippen LogP contribution in [0.15, 0.2) is 36.4 Å². The van der Waals surface area contributed by atoms with Crippen LogP contribution in [0.25, 0.3) is 11.0 Å². The number of rotatable bonds is 4. The molecule has 0 spiro atoms. The lowest BCUT2D eigenvalue weighted by atomic mass is 9.97. The molecule has 5 heterocycles. The highest BCUT2D eigenvalue weighted by molar-refractivity contribution is 6.30. The fraction of sp³-hybridized carbons (Fsp3) is 0.500. The van der Waals surface area contributed by atoms with Gasteiger partial charge in [0.1, 0.15) is 17.1 Å². The van der Waals surface area contributed by atoms with Crippen molar-refractivity contribution in [3.05, 3.63) is 58.2 Å². The van der Waals surface area contributed by atoms with Crippen molar-refractivity contribution in [2.75, 3.05) is 31.1 Å². The maximum Gasteiger partial charge on any atom is 0.411 e. The van der Waals surface area contributed by atoms with E-state index in [9.17, 15) is 9.59 Å². The van der Waals surface area contributed by atoms with Crippen LogP contribution < -0.4 is 4.90 Å². The van der Waals surface area contributed by atoms with Gasteiger partial charge in [-0.3, -0.25) is 19.5 Å². The number of anilines is 1. The second-order valence-electron chi connectivity index (χ2n) is 12.0. The highest BCUT2D eigenvalue weighted by Crippen LogP contribution is 2.48. The van der Waals surface area contributed by atoms with E-state index in [1.807, 2.05) is 60.9 Å². The lowest BCUT2D eigenvalue weighted by molar-refractivity contribution is -0.121. The summed E-state index contributed by atoms with van der Waals surface area (Å²) in [6.07, 6.45) is 3.34. The summed E-state index contributed by atoms with van der Waals surface area (Å²) in [5, 5.41) is 1.79. The molecule has 0 N–H and O–H groups in total. The molecule has 206 valence electrons. The molecule has 0 saturated carbocycles. The number of hydrogen-bond acceptors (Lipinski definition) is 5. The average Bonchev–Trinajstić information content (AvgIpc) is 3.35. The van der Waals surface area contributed by atoms with Gasteiger partial charge in [-0.2, -0.15) is 0 Å². The van der Waals surface area contributed by atoms with Gasteiger partial charge in [0.05, 0.1) is 12.6 Å². The van der Waals surface area contributed by atoms with E-state index < -0.39 is 5.60 Å². The molecule has 2 aromatic heterocycles. The van der Waals surface area contributed by atoms with Crippen LogP contribution in [0.5, 0.6) is 0 Å². The van der Waals surface area contributed by atoms with Crippen LogP contribution in [0.4, 0.5) is 10.6 Å². The van der Waals surface area contributed by atoms with Crippen LogP contribution in [0.1, 0.15) is 56.5 Å². The number of halogens is 1. The molecule has 1 aromatic carbocycles. The quantitative estimate of drug-likeness (QED) is 0.452. The summed E-state index contributed by atoms with van der Waals surface area (Å²) in [6.45, 7) is 8.35. The van der Waals surface area contributed by atoms with Crippen LogP contribution in [-0.4, -0.2) is 69.2 Å². The molecule has 2 amide bonds. The van der Waals surface area contributed by atoms with Crippen molar-refractivity contribution >= 4 is 40.5 Å². The first-order valence-electron chi connectivity index (χ1n) is 13.9. The highest BCUT2D eigenvalue weighted by Gasteiger charge is 2.46. The minimum atomic E-state index is -0.529. The molecule has 2 saturated heterocycles. The zero-order valence-electron chi connectivity index (χ0n) is 23.1. The van der Waals surface area contributed by atoms with E-state index in [0.29, 0.717) is 18.9 Å². The predicted octanol–water partition coefficient (Wildman–Crippen LogP) is 5.11. The van der Waals surface area contributed by atoms with Crippen molar-refractivity contribution < 1.29 is 14.3 Å². The van der Waals surface area contributed by atoms with Gasteiger partial charge in [-0.25, -0.2) is 9.78 Å². The van der Waals surface area contributed by atoms with Crippen molar-refractivity contribution in [3.8, 4) is 0 Å². The molecule has 9 heteroatoms. The van der Waals surface area contributed by atoms with Gasteiger partial charge in [-0.05, 0) is 69.9 Å². The number of aryl methyl sites for hydroxylation is 1. The third kappa shape index (κ3) is 4.89. The van der Waals surface area contributed by atoms with Crippen molar-refractivity contribution in [2.45, 2.75) is 64.1 Å². The number of fused-ring (bicyclic) bond motifs is 6. The molecular weight excluding hydrogens is 514 g/mol. The minimum absolute atomic E-state index is 0.00392. The maximum absolute atomic E-state index is 13.2. The molecule has 2 unspecified atom stereocenters. The Kier molecular flexibility index (Phi) is 6.58. The summed E-state index contributed by atoms with van der Waals surface area (Å²) >= 11 is 6.00. The molecule has 2 fully saturated rings. The molecule has 2 atom stereocenters. The topological polar surface area (TPSA) is 70.9 Å². The van der Waals surface area contributed by atoms with Crippen LogP contribution in [-0.2, 0) is 29.4 Å². The van der Waals surface area contributed by atoms with Crippen molar-refractivity contribution in [1.29, 1.82) is 0 Å². The Labute approximate surface area is 234 Å². The third-order valence-corrected chi connectivity index (χ3v) is 8.51. The fourth-order valence-corrected chi connectivity index (χ4v) is 6.54. The predicted molar refractivity (Wildman–Crippen MR) is 152 cm³/mol. The number of nitrogens with zero attached hydrogens (tertiary/aromatic N) is 5. The molecule has 3 aliphatic rings. The van der Waals surface area contributed by atoms with Crippen LogP contribution >= 0.6 is 11.6 Å². The number of benzene rings is 1. The van der Waals surface area contributed by atoms with Gasteiger partial charge in [0.15, 0.2) is 0 Å². The van der Waals surface area contributed by atoms with Crippen molar-refractivity contribution in [3.63, 3.8) is 0 Å². The zero-order valence-corrected chi connectivity index (χ0v) is 23.9. The highest BCUT2D eigenvalue weighted by atomic mass is 35.5. The molecule has 8 nitrogen and oxygen atoms in total. The summed E-state index contributed by atoms with van der Waals surface area (Å²) in [7, 11) is 2.05. The molecule has 3 aliphatic heterocycles. The van der Waals surface area contributed by atoms with E-state index in [2.05, 4.69) is 22.6 Å². The Morgan fingerprint density at radius 3 is 2.59 bits per heavy atom. The Balaban J connectivity index is 1.20. The second kappa shape index (κ2) is 9.82. The molecular formula is C30H36ClN5O3. The van der Waals surface area contributed by atoms with Crippen LogP contribution in [0, 0.1) is 0 Å². The Bertz CT molecular complexity index is 1430. The first kappa shape index (κ1) is 26.1. The Morgan fingerprint density at radius 1 is 1.10 bits per heavy atom. The van der Waals surface area contributed by atoms with Gasteiger partial charge in [-0.1, -0.05) is 23.7 Å². The number of aromatic nitrogens is 2. The van der Waals surface area contributed by atoms with Crippen molar-refractivity contribution in [2.24, 2.45) is 7.05 Å². The molecule has 3 aromatic rings.